The summed E-state index contributed by atoms with van der Waals surface area (Å²) >= 11 is 0. The Morgan fingerprint density at radius 3 is 2.52 bits per heavy atom. The molecule has 1 aliphatic carbocycles. The van der Waals surface area contributed by atoms with E-state index in [1.54, 1.807) is 0 Å². The topological polar surface area (TPSA) is 42.3 Å². The van der Waals surface area contributed by atoms with E-state index in [9.17, 15) is 5.26 Å². The number of piperidine rings is 1. The second-order valence-electron chi connectivity index (χ2n) is 6.81. The Morgan fingerprint density at radius 1 is 1.24 bits per heavy atom. The second kappa shape index (κ2) is 7.58. The fourth-order valence-corrected chi connectivity index (χ4v) is 4.17. The molecule has 1 heterocycles. The number of nitrogens with one attached hydrogen (secondary N) is 1. The molecule has 1 saturated carbocycles. The third kappa shape index (κ3) is 3.97. The van der Waals surface area contributed by atoms with E-state index in [1.807, 2.05) is 0 Å². The van der Waals surface area contributed by atoms with Gasteiger partial charge in [-0.05, 0) is 71.8 Å². The molecular formula is C17H32N4. The Bertz CT molecular complexity index is 352. The molecule has 1 aliphatic heterocycles. The summed E-state index contributed by atoms with van der Waals surface area (Å²) in [6.07, 6.45) is 6.98. The summed E-state index contributed by atoms with van der Waals surface area (Å²) in [7, 11) is 2.29. The maximum atomic E-state index is 9.61. The Labute approximate surface area is 130 Å². The Kier molecular flexibility index (Phi) is 6.04. The van der Waals surface area contributed by atoms with E-state index >= 15 is 0 Å². The van der Waals surface area contributed by atoms with Crippen molar-refractivity contribution in [3.8, 4) is 6.07 Å². The minimum atomic E-state index is -0.282. The van der Waals surface area contributed by atoms with Crippen molar-refractivity contribution in [2.45, 2.75) is 70.0 Å². The minimum Gasteiger partial charge on any atom is -0.303 e. The molecule has 120 valence electrons. The van der Waals surface area contributed by atoms with Gasteiger partial charge in [0.25, 0.3) is 0 Å². The fourth-order valence-electron chi connectivity index (χ4n) is 4.17. The van der Waals surface area contributed by atoms with E-state index in [0.717, 1.165) is 19.4 Å². The maximum Gasteiger partial charge on any atom is 0.108 e. The van der Waals surface area contributed by atoms with Crippen molar-refractivity contribution < 1.29 is 0 Å². The van der Waals surface area contributed by atoms with Crippen LogP contribution in [0.15, 0.2) is 0 Å². The van der Waals surface area contributed by atoms with Crippen LogP contribution < -0.4 is 5.32 Å². The normalized spacial score (nSPS) is 32.2. The quantitative estimate of drug-likeness (QED) is 0.844. The first-order valence-electron chi connectivity index (χ1n) is 8.74. The first-order valence-corrected chi connectivity index (χ1v) is 8.74. The molecule has 2 unspecified atom stereocenters. The number of hydrogen-bond acceptors (Lipinski definition) is 4. The van der Waals surface area contributed by atoms with Crippen molar-refractivity contribution in [1.29, 1.82) is 5.26 Å². The summed E-state index contributed by atoms with van der Waals surface area (Å²) < 4.78 is 0. The van der Waals surface area contributed by atoms with Gasteiger partial charge in [-0.15, -0.1) is 0 Å². The van der Waals surface area contributed by atoms with Gasteiger partial charge < -0.3 is 9.80 Å². The Morgan fingerprint density at radius 2 is 1.95 bits per heavy atom. The number of rotatable bonds is 5. The monoisotopic (exact) mass is 292 g/mol. The van der Waals surface area contributed by atoms with Crippen molar-refractivity contribution >= 4 is 0 Å². The van der Waals surface area contributed by atoms with Gasteiger partial charge in [-0.3, -0.25) is 5.32 Å². The first kappa shape index (κ1) is 16.7. The molecule has 2 fully saturated rings. The van der Waals surface area contributed by atoms with E-state index in [4.69, 9.17) is 0 Å². The molecule has 2 atom stereocenters. The molecule has 1 saturated heterocycles. The van der Waals surface area contributed by atoms with Crippen molar-refractivity contribution in [2.24, 2.45) is 0 Å². The molecule has 0 radical (unpaired) electrons. The molecule has 0 bridgehead atoms. The van der Waals surface area contributed by atoms with E-state index in [-0.39, 0.29) is 5.54 Å². The zero-order valence-corrected chi connectivity index (χ0v) is 14.1. The molecule has 2 aliphatic rings. The molecule has 0 amide bonds. The zero-order valence-electron chi connectivity index (χ0n) is 14.1. The third-order valence-corrected chi connectivity index (χ3v) is 5.61. The van der Waals surface area contributed by atoms with Crippen LogP contribution in [0.5, 0.6) is 0 Å². The van der Waals surface area contributed by atoms with Crippen molar-refractivity contribution in [2.75, 3.05) is 33.2 Å². The highest BCUT2D eigenvalue weighted by molar-refractivity contribution is 5.11. The average Bonchev–Trinajstić information content (AvgIpc) is 2.55. The molecule has 21 heavy (non-hydrogen) atoms. The minimum absolute atomic E-state index is 0.282. The molecule has 4 heteroatoms. The summed E-state index contributed by atoms with van der Waals surface area (Å²) in [4.78, 5) is 5.14. The van der Waals surface area contributed by atoms with Crippen LogP contribution in [-0.4, -0.2) is 60.6 Å². The highest BCUT2D eigenvalue weighted by atomic mass is 15.2. The van der Waals surface area contributed by atoms with E-state index in [0.29, 0.717) is 12.1 Å². The predicted octanol–water partition coefficient (Wildman–Crippen LogP) is 2.22. The van der Waals surface area contributed by atoms with Crippen LogP contribution in [0.1, 0.15) is 52.4 Å². The van der Waals surface area contributed by atoms with Crippen LogP contribution in [-0.2, 0) is 0 Å². The fraction of sp³-hybridized carbons (Fsp3) is 0.941. The molecular weight excluding hydrogens is 260 g/mol. The molecule has 0 aromatic carbocycles. The summed E-state index contributed by atoms with van der Waals surface area (Å²) in [6, 6.07) is 3.84. The summed E-state index contributed by atoms with van der Waals surface area (Å²) in [5.41, 5.74) is -0.282. The number of nitrogens with zero attached hydrogens (tertiary/aromatic N) is 3. The van der Waals surface area contributed by atoms with Crippen molar-refractivity contribution in [1.82, 2.24) is 15.1 Å². The SMILES string of the molecule is CCNC1(C#N)CCCC(N(C)C2CCN(CC)CC2)C1. The summed E-state index contributed by atoms with van der Waals surface area (Å²) in [5.74, 6) is 0. The van der Waals surface area contributed by atoms with E-state index in [2.05, 4.69) is 42.1 Å². The standard InChI is InChI=1S/C17H32N4/c1-4-19-17(14-18)10-6-7-16(13-17)20(3)15-8-11-21(5-2)12-9-15/h15-16,19H,4-13H2,1-3H3. The number of hydrogen-bond donors (Lipinski definition) is 1. The van der Waals surface area contributed by atoms with Crippen LogP contribution in [0, 0.1) is 11.3 Å². The molecule has 1 N–H and O–H groups in total. The van der Waals surface area contributed by atoms with Crippen LogP contribution in [0.25, 0.3) is 0 Å². The molecule has 0 aromatic heterocycles. The van der Waals surface area contributed by atoms with Gasteiger partial charge in [0.2, 0.25) is 0 Å². The number of likely N-dealkylation sites (tertiary alicyclic amines) is 1. The van der Waals surface area contributed by atoms with Crippen molar-refractivity contribution in [3.05, 3.63) is 0 Å². The molecule has 4 nitrogen and oxygen atoms in total. The molecule has 2 rings (SSSR count). The van der Waals surface area contributed by atoms with Crippen molar-refractivity contribution in [3.63, 3.8) is 0 Å². The van der Waals surface area contributed by atoms with Gasteiger partial charge in [-0.1, -0.05) is 13.8 Å². The Hall–Kier alpha value is -0.630. The van der Waals surface area contributed by atoms with Crippen LogP contribution in [0.2, 0.25) is 0 Å². The molecule has 0 aromatic rings. The lowest BCUT2D eigenvalue weighted by atomic mass is 9.78. The lowest BCUT2D eigenvalue weighted by Gasteiger charge is -2.45. The second-order valence-corrected chi connectivity index (χ2v) is 6.81. The van der Waals surface area contributed by atoms with E-state index in [1.165, 1.54) is 45.3 Å². The third-order valence-electron chi connectivity index (χ3n) is 5.61. The highest BCUT2D eigenvalue weighted by Crippen LogP contribution is 2.32. The van der Waals surface area contributed by atoms with E-state index < -0.39 is 0 Å². The summed E-state index contributed by atoms with van der Waals surface area (Å²) in [5, 5.41) is 13.1. The predicted molar refractivity (Wildman–Crippen MR) is 87.2 cm³/mol. The number of nitriles is 1. The largest absolute Gasteiger partial charge is 0.303 e. The smallest absolute Gasteiger partial charge is 0.108 e. The summed E-state index contributed by atoms with van der Waals surface area (Å²) in [6.45, 7) is 8.89. The Balaban J connectivity index is 1.93. The van der Waals surface area contributed by atoms with Crippen LogP contribution >= 0.6 is 0 Å². The van der Waals surface area contributed by atoms with Gasteiger partial charge in [0.1, 0.15) is 5.54 Å². The van der Waals surface area contributed by atoms with Gasteiger partial charge in [-0.25, -0.2) is 0 Å². The average molecular weight is 292 g/mol. The van der Waals surface area contributed by atoms with Gasteiger partial charge >= 0.3 is 0 Å². The maximum absolute atomic E-state index is 9.61. The van der Waals surface area contributed by atoms with Gasteiger partial charge in [0.05, 0.1) is 6.07 Å². The molecule has 0 spiro atoms. The van der Waals surface area contributed by atoms with Gasteiger partial charge in [-0.2, -0.15) is 5.26 Å². The highest BCUT2D eigenvalue weighted by Gasteiger charge is 2.38. The lowest BCUT2D eigenvalue weighted by molar-refractivity contribution is 0.0660. The van der Waals surface area contributed by atoms with Crippen LogP contribution in [0.3, 0.4) is 0 Å². The zero-order chi connectivity index (χ0) is 15.3. The van der Waals surface area contributed by atoms with Gasteiger partial charge in [0, 0.05) is 12.1 Å². The van der Waals surface area contributed by atoms with Crippen LogP contribution in [0.4, 0.5) is 0 Å². The van der Waals surface area contributed by atoms with Gasteiger partial charge in [0.15, 0.2) is 0 Å². The lowest BCUT2D eigenvalue weighted by Crippen LogP contribution is -2.55. The first-order chi connectivity index (χ1) is 10.1.